The lowest BCUT2D eigenvalue weighted by Gasteiger charge is -2.29. The van der Waals surface area contributed by atoms with Crippen LogP contribution in [0.5, 0.6) is 0 Å². The van der Waals surface area contributed by atoms with Gasteiger partial charge in [0.25, 0.3) is 0 Å². The Bertz CT molecular complexity index is 349. The summed E-state index contributed by atoms with van der Waals surface area (Å²) < 4.78 is 1.23. The van der Waals surface area contributed by atoms with Crippen LogP contribution in [-0.4, -0.2) is 30.1 Å². The smallest absolute Gasteiger partial charge is 0.0701 e. The molecule has 1 aliphatic rings. The summed E-state index contributed by atoms with van der Waals surface area (Å²) in [5, 5.41) is 3.59. The highest BCUT2D eigenvalue weighted by molar-refractivity contribution is 9.11. The number of hydrogen-bond donors (Lipinski definition) is 1. The molecule has 0 radical (unpaired) electrons. The van der Waals surface area contributed by atoms with Crippen LogP contribution >= 0.6 is 27.3 Å². The molecule has 1 aliphatic heterocycles. The maximum Gasteiger partial charge on any atom is 0.0701 e. The first-order valence-corrected chi connectivity index (χ1v) is 7.38. The van der Waals surface area contributed by atoms with E-state index in [1.54, 1.807) is 0 Å². The molecule has 0 spiro atoms. The Morgan fingerprint density at radius 3 is 3.00 bits per heavy atom. The van der Waals surface area contributed by atoms with Crippen molar-refractivity contribution in [2.45, 2.75) is 32.4 Å². The van der Waals surface area contributed by atoms with E-state index in [2.05, 4.69) is 52.1 Å². The Balaban J connectivity index is 1.98. The van der Waals surface area contributed by atoms with Crippen molar-refractivity contribution in [2.24, 2.45) is 0 Å². The van der Waals surface area contributed by atoms with Gasteiger partial charge < -0.3 is 5.32 Å². The Morgan fingerprint density at radius 2 is 2.31 bits per heavy atom. The topological polar surface area (TPSA) is 15.3 Å². The van der Waals surface area contributed by atoms with Crippen molar-refractivity contribution < 1.29 is 0 Å². The van der Waals surface area contributed by atoms with Crippen LogP contribution in [0.15, 0.2) is 15.9 Å². The van der Waals surface area contributed by atoms with Gasteiger partial charge in [-0.1, -0.05) is 0 Å². The van der Waals surface area contributed by atoms with E-state index in [-0.39, 0.29) is 5.54 Å². The fourth-order valence-corrected chi connectivity index (χ4v) is 3.74. The minimum atomic E-state index is 0.241. The van der Waals surface area contributed by atoms with Crippen LogP contribution < -0.4 is 5.32 Å². The largest absolute Gasteiger partial charge is 0.310 e. The van der Waals surface area contributed by atoms with Crippen LogP contribution in [0.25, 0.3) is 0 Å². The third-order valence-corrected chi connectivity index (χ3v) is 4.49. The van der Waals surface area contributed by atoms with Gasteiger partial charge in [-0.2, -0.15) is 0 Å². The fraction of sp³-hybridized carbons (Fsp3) is 0.667. The minimum absolute atomic E-state index is 0.241. The molecule has 2 heterocycles. The van der Waals surface area contributed by atoms with Gasteiger partial charge in [0.1, 0.15) is 0 Å². The molecule has 1 N–H and O–H groups in total. The van der Waals surface area contributed by atoms with Crippen molar-refractivity contribution in [3.63, 3.8) is 0 Å². The fourth-order valence-electron chi connectivity index (χ4n) is 2.22. The zero-order chi connectivity index (χ0) is 11.6. The van der Waals surface area contributed by atoms with Crippen LogP contribution in [0, 0.1) is 0 Å². The molecular weight excluding hydrogens is 284 g/mol. The molecule has 0 aliphatic carbocycles. The van der Waals surface area contributed by atoms with Crippen LogP contribution in [0.1, 0.15) is 25.1 Å². The minimum Gasteiger partial charge on any atom is -0.310 e. The number of nitrogens with zero attached hydrogens (tertiary/aromatic N) is 1. The van der Waals surface area contributed by atoms with Crippen LogP contribution in [0.4, 0.5) is 0 Å². The zero-order valence-electron chi connectivity index (χ0n) is 9.92. The first-order chi connectivity index (χ1) is 7.55. The average Bonchev–Trinajstić information content (AvgIpc) is 2.49. The summed E-state index contributed by atoms with van der Waals surface area (Å²) in [5.41, 5.74) is 0.241. The lowest BCUT2D eigenvalue weighted by molar-refractivity contribution is 0.225. The standard InChI is InChI=1S/C12H19BrN2S/c1-12(2)9-15(7-3-6-14-12)8-10-4-5-11(13)16-10/h4-5,14H,3,6-9H2,1-2H3. The second-order valence-corrected chi connectivity index (χ2v) is 7.63. The van der Waals surface area contributed by atoms with E-state index in [4.69, 9.17) is 0 Å². The van der Waals surface area contributed by atoms with Gasteiger partial charge in [-0.15, -0.1) is 11.3 Å². The predicted molar refractivity (Wildman–Crippen MR) is 74.0 cm³/mol. The number of halogens is 1. The Hall–Kier alpha value is 0.1000. The van der Waals surface area contributed by atoms with Crippen molar-refractivity contribution in [2.75, 3.05) is 19.6 Å². The van der Waals surface area contributed by atoms with Crippen molar-refractivity contribution in [3.8, 4) is 0 Å². The number of nitrogens with one attached hydrogen (secondary N) is 1. The van der Waals surface area contributed by atoms with Crippen LogP contribution in [0.2, 0.25) is 0 Å². The third-order valence-electron chi connectivity index (χ3n) is 2.88. The normalized spacial score (nSPS) is 21.9. The number of hydrogen-bond acceptors (Lipinski definition) is 3. The second kappa shape index (κ2) is 5.17. The van der Waals surface area contributed by atoms with Crippen molar-refractivity contribution in [1.29, 1.82) is 0 Å². The lowest BCUT2D eigenvalue weighted by atomic mass is 10.1. The molecule has 1 aromatic rings. The average molecular weight is 303 g/mol. The molecule has 0 saturated carbocycles. The molecular formula is C12H19BrN2S. The SMILES string of the molecule is CC1(C)CN(Cc2ccc(Br)s2)CCCN1. The maximum absolute atomic E-state index is 3.59. The highest BCUT2D eigenvalue weighted by atomic mass is 79.9. The molecule has 2 nitrogen and oxygen atoms in total. The van der Waals surface area contributed by atoms with E-state index in [0.717, 1.165) is 19.6 Å². The monoisotopic (exact) mass is 302 g/mol. The Morgan fingerprint density at radius 1 is 1.50 bits per heavy atom. The Kier molecular flexibility index (Phi) is 4.06. The summed E-state index contributed by atoms with van der Waals surface area (Å²) in [4.78, 5) is 4.00. The highest BCUT2D eigenvalue weighted by Crippen LogP contribution is 2.24. The molecule has 0 bridgehead atoms. The van der Waals surface area contributed by atoms with E-state index < -0.39 is 0 Å². The first kappa shape index (κ1) is 12.6. The maximum atomic E-state index is 3.59. The molecule has 90 valence electrons. The van der Waals surface area contributed by atoms with Crippen LogP contribution in [0.3, 0.4) is 0 Å². The van der Waals surface area contributed by atoms with Crippen molar-refractivity contribution in [3.05, 3.63) is 20.8 Å². The second-order valence-electron chi connectivity index (χ2n) is 5.08. The molecule has 4 heteroatoms. The predicted octanol–water partition coefficient (Wildman–Crippen LogP) is 3.08. The van der Waals surface area contributed by atoms with Crippen molar-refractivity contribution in [1.82, 2.24) is 10.2 Å². The number of thiophene rings is 1. The van der Waals surface area contributed by atoms with E-state index >= 15 is 0 Å². The molecule has 0 unspecified atom stereocenters. The summed E-state index contributed by atoms with van der Waals surface area (Å²) >= 11 is 5.37. The third kappa shape index (κ3) is 3.55. The first-order valence-electron chi connectivity index (χ1n) is 5.77. The van der Waals surface area contributed by atoms with Gasteiger partial charge in [0.15, 0.2) is 0 Å². The van der Waals surface area contributed by atoms with E-state index in [0.29, 0.717) is 0 Å². The summed E-state index contributed by atoms with van der Waals surface area (Å²) in [6, 6.07) is 4.36. The summed E-state index contributed by atoms with van der Waals surface area (Å²) in [6.45, 7) is 9.12. The van der Waals surface area contributed by atoms with Gasteiger partial charge in [-0.3, -0.25) is 4.90 Å². The molecule has 1 aromatic heterocycles. The van der Waals surface area contributed by atoms with Crippen molar-refractivity contribution >= 4 is 27.3 Å². The van der Waals surface area contributed by atoms with Crippen LogP contribution in [-0.2, 0) is 6.54 Å². The zero-order valence-corrected chi connectivity index (χ0v) is 12.3. The lowest BCUT2D eigenvalue weighted by Crippen LogP contribution is -2.46. The van der Waals surface area contributed by atoms with E-state index in [1.165, 1.54) is 21.6 Å². The molecule has 1 saturated heterocycles. The molecule has 16 heavy (non-hydrogen) atoms. The summed E-state index contributed by atoms with van der Waals surface area (Å²) in [5.74, 6) is 0. The quantitative estimate of drug-likeness (QED) is 0.903. The van der Waals surface area contributed by atoms with Gasteiger partial charge >= 0.3 is 0 Å². The molecule has 0 aromatic carbocycles. The molecule has 0 atom stereocenters. The van der Waals surface area contributed by atoms with Gasteiger partial charge in [0.2, 0.25) is 0 Å². The Labute approximate surface area is 110 Å². The molecule has 0 amide bonds. The van der Waals surface area contributed by atoms with Gasteiger partial charge in [0, 0.05) is 23.5 Å². The van der Waals surface area contributed by atoms with Gasteiger partial charge in [-0.25, -0.2) is 0 Å². The highest BCUT2D eigenvalue weighted by Gasteiger charge is 2.23. The molecule has 1 fully saturated rings. The van der Waals surface area contributed by atoms with E-state index in [9.17, 15) is 0 Å². The molecule has 2 rings (SSSR count). The summed E-state index contributed by atoms with van der Waals surface area (Å²) in [7, 11) is 0. The van der Waals surface area contributed by atoms with Gasteiger partial charge in [0.05, 0.1) is 3.79 Å². The summed E-state index contributed by atoms with van der Waals surface area (Å²) in [6.07, 6.45) is 1.25. The number of rotatable bonds is 2. The van der Waals surface area contributed by atoms with Gasteiger partial charge in [-0.05, 0) is 61.4 Å². The van der Waals surface area contributed by atoms with E-state index in [1.807, 2.05) is 11.3 Å².